The molecule has 1 amide bonds. The normalized spacial score (nSPS) is 10.9. The summed E-state index contributed by atoms with van der Waals surface area (Å²) in [4.78, 5) is 25.9. The van der Waals surface area contributed by atoms with E-state index >= 15 is 0 Å². The average molecular weight is 536 g/mol. The molecule has 3 N–H and O–H groups in total. The van der Waals surface area contributed by atoms with Gasteiger partial charge in [0, 0.05) is 18.2 Å². The van der Waals surface area contributed by atoms with Crippen molar-refractivity contribution in [3.63, 3.8) is 0 Å². The quantitative estimate of drug-likeness (QED) is 0.146. The van der Waals surface area contributed by atoms with Crippen molar-refractivity contribution in [1.29, 1.82) is 0 Å². The van der Waals surface area contributed by atoms with Crippen LogP contribution in [-0.4, -0.2) is 60.0 Å². The van der Waals surface area contributed by atoms with Crippen LogP contribution in [0.5, 0.6) is 17.2 Å². The van der Waals surface area contributed by atoms with Crippen molar-refractivity contribution >= 4 is 30.5 Å². The van der Waals surface area contributed by atoms with Crippen LogP contribution in [0.1, 0.15) is 62.9 Å². The van der Waals surface area contributed by atoms with Crippen molar-refractivity contribution in [3.05, 3.63) is 53.6 Å². The first-order valence-electron chi connectivity index (χ1n) is 12.1. The van der Waals surface area contributed by atoms with Crippen molar-refractivity contribution in [3.8, 4) is 17.2 Å². The molecule has 2 aromatic rings. The second-order valence-electron chi connectivity index (χ2n) is 8.85. The number of carbonyl (C=O) groups excluding carboxylic acids is 1. The summed E-state index contributed by atoms with van der Waals surface area (Å²) in [5, 5.41) is 12.5. The van der Waals surface area contributed by atoms with Gasteiger partial charge >= 0.3 is 5.97 Å². The molecule has 0 aromatic heterocycles. The van der Waals surface area contributed by atoms with Gasteiger partial charge in [-0.15, -0.1) is 12.4 Å². The highest BCUT2D eigenvalue weighted by Crippen LogP contribution is 2.28. The highest BCUT2D eigenvalue weighted by Gasteiger charge is 2.25. The number of benzene rings is 2. The molecule has 10 heteroatoms. The molecule has 37 heavy (non-hydrogen) atoms. The Morgan fingerprint density at radius 3 is 2.03 bits per heavy atom. The zero-order valence-corrected chi connectivity index (χ0v) is 22.7. The number of nitrogens with zero attached hydrogens (tertiary/aromatic N) is 2. The van der Waals surface area contributed by atoms with Crippen molar-refractivity contribution in [2.75, 3.05) is 19.8 Å². The summed E-state index contributed by atoms with van der Waals surface area (Å²) in [5.74, 6) is 5.31. The third kappa shape index (κ3) is 10.6. The Balaban J connectivity index is 0.00000684. The van der Waals surface area contributed by atoms with Crippen molar-refractivity contribution in [2.45, 2.75) is 59.0 Å². The second kappa shape index (κ2) is 16.3. The highest BCUT2D eigenvalue weighted by atomic mass is 35.5. The van der Waals surface area contributed by atoms with E-state index in [1.54, 1.807) is 29.3 Å². The molecule has 0 saturated heterocycles. The summed E-state index contributed by atoms with van der Waals surface area (Å²) in [6.45, 7) is 8.27. The molecular formula is C27H38ClN3O6. The fourth-order valence-electron chi connectivity index (χ4n) is 3.73. The number of carboxylic acid groups (broad SMARTS) is 1. The maximum atomic E-state index is 13.1. The maximum Gasteiger partial charge on any atom is 0.341 e. The van der Waals surface area contributed by atoms with E-state index < -0.39 is 12.6 Å². The predicted molar refractivity (Wildman–Crippen MR) is 146 cm³/mol. The first kappa shape index (κ1) is 31.6. The molecule has 0 aliphatic rings. The zero-order chi connectivity index (χ0) is 26.5. The smallest absolute Gasteiger partial charge is 0.341 e. The number of nitrogens with two attached hydrogens (primary N) is 1. The minimum Gasteiger partial charge on any atom is -0.494 e. The monoisotopic (exact) mass is 535 g/mol. The molecule has 0 radical (unpaired) electrons. The van der Waals surface area contributed by atoms with Crippen molar-refractivity contribution in [2.24, 2.45) is 10.9 Å². The summed E-state index contributed by atoms with van der Waals surface area (Å²) in [5.41, 5.74) is 1.22. The molecule has 0 saturated carbocycles. The number of hydrogen-bond acceptors (Lipinski definition) is 7. The minimum atomic E-state index is -1.12. The van der Waals surface area contributed by atoms with Gasteiger partial charge in [0.05, 0.1) is 25.0 Å². The lowest BCUT2D eigenvalue weighted by Gasteiger charge is -2.31. The van der Waals surface area contributed by atoms with Crippen LogP contribution in [0.15, 0.2) is 47.6 Å². The molecule has 0 fully saturated rings. The summed E-state index contributed by atoms with van der Waals surface area (Å²) < 4.78 is 17.0. The van der Waals surface area contributed by atoms with Crippen molar-refractivity contribution in [1.82, 2.24) is 4.90 Å². The first-order valence-corrected chi connectivity index (χ1v) is 12.1. The van der Waals surface area contributed by atoms with Crippen molar-refractivity contribution < 1.29 is 28.9 Å². The zero-order valence-electron chi connectivity index (χ0n) is 21.9. The van der Waals surface area contributed by atoms with E-state index in [4.69, 9.17) is 25.2 Å². The lowest BCUT2D eigenvalue weighted by Crippen LogP contribution is -2.42. The van der Waals surface area contributed by atoms with E-state index in [-0.39, 0.29) is 36.1 Å². The number of hydrogen-bond donors (Lipinski definition) is 2. The van der Waals surface area contributed by atoms with Gasteiger partial charge in [-0.1, -0.05) is 0 Å². The Labute approximate surface area is 225 Å². The second-order valence-corrected chi connectivity index (χ2v) is 8.85. The Morgan fingerprint density at radius 1 is 0.919 bits per heavy atom. The number of amides is 1. The minimum absolute atomic E-state index is 0. The summed E-state index contributed by atoms with van der Waals surface area (Å²) in [6.07, 6.45) is 4.17. The third-order valence-corrected chi connectivity index (χ3v) is 5.31. The highest BCUT2D eigenvalue weighted by molar-refractivity contribution is 5.97. The van der Waals surface area contributed by atoms with Crippen LogP contribution in [0.25, 0.3) is 0 Å². The number of hydrazone groups is 1. The molecule has 0 heterocycles. The summed E-state index contributed by atoms with van der Waals surface area (Å²) in [7, 11) is 0. The summed E-state index contributed by atoms with van der Waals surface area (Å²) >= 11 is 0. The fourth-order valence-corrected chi connectivity index (χ4v) is 3.73. The number of aliphatic carboxylic acids is 1. The average Bonchev–Trinajstić information content (AvgIpc) is 2.83. The molecule has 9 nitrogen and oxygen atoms in total. The molecule has 0 spiro atoms. The molecule has 0 unspecified atom stereocenters. The van der Waals surface area contributed by atoms with Gasteiger partial charge in [-0.2, -0.15) is 5.10 Å². The SMILES string of the molecule is CC(C)N(C(=O)c1ccc(OCCCCCOc2ccc(C=NN)cc2)cc1OCC(=O)O)C(C)C.Cl. The lowest BCUT2D eigenvalue weighted by molar-refractivity contribution is -0.139. The van der Waals surface area contributed by atoms with E-state index in [0.717, 1.165) is 30.6 Å². The molecule has 0 aliphatic carbocycles. The van der Waals surface area contributed by atoms with Crippen LogP contribution in [0.3, 0.4) is 0 Å². The molecular weight excluding hydrogens is 498 g/mol. The van der Waals surface area contributed by atoms with E-state index in [1.165, 1.54) is 0 Å². The van der Waals surface area contributed by atoms with E-state index in [9.17, 15) is 9.59 Å². The van der Waals surface area contributed by atoms with Crippen LogP contribution < -0.4 is 20.1 Å². The number of unbranched alkanes of at least 4 members (excludes halogenated alkanes) is 2. The molecule has 2 aromatic carbocycles. The van der Waals surface area contributed by atoms with Gasteiger partial charge in [-0.25, -0.2) is 4.79 Å². The maximum absolute atomic E-state index is 13.1. The number of halogens is 1. The van der Waals surface area contributed by atoms with Gasteiger partial charge in [-0.3, -0.25) is 4.79 Å². The third-order valence-electron chi connectivity index (χ3n) is 5.31. The molecule has 0 bridgehead atoms. The Bertz CT molecular complexity index is 1000. The summed E-state index contributed by atoms with van der Waals surface area (Å²) in [6, 6.07) is 12.4. The fraction of sp³-hybridized carbons (Fsp3) is 0.444. The first-order chi connectivity index (χ1) is 17.2. The van der Waals surface area contributed by atoms with Crippen LogP contribution in [0.2, 0.25) is 0 Å². The molecule has 0 atom stereocenters. The number of ether oxygens (including phenoxy) is 3. The van der Waals surface area contributed by atoms with Gasteiger partial charge in [0.1, 0.15) is 17.2 Å². The predicted octanol–water partition coefficient (Wildman–Crippen LogP) is 4.75. The number of carbonyl (C=O) groups is 2. The van der Waals surface area contributed by atoms with Gasteiger partial charge in [0.15, 0.2) is 6.61 Å². The Morgan fingerprint density at radius 2 is 1.49 bits per heavy atom. The van der Waals surface area contributed by atoms with E-state index in [0.29, 0.717) is 24.5 Å². The van der Waals surface area contributed by atoms with Gasteiger partial charge in [0.2, 0.25) is 0 Å². The topological polar surface area (TPSA) is 124 Å². The Hall–Kier alpha value is -3.46. The van der Waals surface area contributed by atoms with Gasteiger partial charge in [-0.05, 0) is 88.9 Å². The lowest BCUT2D eigenvalue weighted by atomic mass is 10.1. The largest absolute Gasteiger partial charge is 0.494 e. The number of rotatable bonds is 15. The molecule has 2 rings (SSSR count). The van der Waals surface area contributed by atoms with E-state index in [1.807, 2.05) is 52.0 Å². The molecule has 0 aliphatic heterocycles. The van der Waals surface area contributed by atoms with Gasteiger partial charge < -0.3 is 30.1 Å². The van der Waals surface area contributed by atoms with Crippen LogP contribution in [0.4, 0.5) is 0 Å². The van der Waals surface area contributed by atoms with Crippen LogP contribution in [0, 0.1) is 0 Å². The number of carboxylic acids is 1. The standard InChI is InChI=1S/C27H37N3O6.ClH/c1-19(2)30(20(3)4)27(33)24-13-12-23(16-25(24)36-18-26(31)32)35-15-7-5-6-14-34-22-10-8-21(9-11-22)17-29-28;/h8-13,16-17,19-20H,5-7,14-15,18,28H2,1-4H3,(H,31,32);1H. The van der Waals surface area contributed by atoms with E-state index in [2.05, 4.69) is 5.10 Å². The van der Waals surface area contributed by atoms with Gasteiger partial charge in [0.25, 0.3) is 5.91 Å². The van der Waals surface area contributed by atoms with Crippen LogP contribution >= 0.6 is 12.4 Å². The Kier molecular flexibility index (Phi) is 13.9. The molecule has 204 valence electrons. The van der Waals surface area contributed by atoms with Crippen LogP contribution in [-0.2, 0) is 4.79 Å².